The highest BCUT2D eigenvalue weighted by Gasteiger charge is 2.15. The highest BCUT2D eigenvalue weighted by molar-refractivity contribution is 7.94. The van der Waals surface area contributed by atoms with Gasteiger partial charge in [-0.1, -0.05) is 6.07 Å². The quantitative estimate of drug-likeness (QED) is 0.811. The molecule has 2 heterocycles. The third-order valence-electron chi connectivity index (χ3n) is 1.41. The van der Waals surface area contributed by atoms with Crippen LogP contribution in [0.15, 0.2) is 27.9 Å². The summed E-state index contributed by atoms with van der Waals surface area (Å²) in [5.41, 5.74) is 0. The van der Waals surface area contributed by atoms with E-state index in [-0.39, 0.29) is 10.0 Å². The minimum atomic E-state index is -3.49. The molecule has 0 atom stereocenters. The minimum Gasteiger partial charge on any atom is -0.260 e. The topological polar surface area (TPSA) is 87.7 Å². The lowest BCUT2D eigenvalue weighted by Gasteiger charge is -2.00. The number of aromatic amines is 1. The van der Waals surface area contributed by atoms with Gasteiger partial charge in [-0.2, -0.15) is 10.3 Å². The predicted octanol–water partition coefficient (Wildman–Crippen LogP) is 0.667. The molecular weight excluding hydrogens is 224 g/mol. The Hall–Kier alpha value is -1.41. The molecule has 0 saturated heterocycles. The summed E-state index contributed by atoms with van der Waals surface area (Å²) in [4.78, 5) is 0. The fraction of sp³-hybridized carbons (Fsp3) is 0. The number of H-pyrrole nitrogens is 1. The van der Waals surface area contributed by atoms with Crippen LogP contribution in [0.2, 0.25) is 0 Å². The monoisotopic (exact) mass is 230 g/mol. The second-order valence-corrected chi connectivity index (χ2v) is 5.25. The number of nitrogens with zero attached hydrogens (tertiary/aromatic N) is 2. The maximum atomic E-state index is 11.6. The molecule has 0 saturated carbocycles. The van der Waals surface area contributed by atoms with Crippen LogP contribution in [-0.2, 0) is 10.0 Å². The van der Waals surface area contributed by atoms with Crippen molar-refractivity contribution in [3.05, 3.63) is 23.7 Å². The van der Waals surface area contributed by atoms with E-state index in [9.17, 15) is 8.42 Å². The Balaban J connectivity index is 2.27. The molecule has 0 aliphatic carbocycles. The van der Waals surface area contributed by atoms with Crippen molar-refractivity contribution in [3.8, 4) is 0 Å². The molecule has 14 heavy (non-hydrogen) atoms. The summed E-state index contributed by atoms with van der Waals surface area (Å²) >= 11 is 1.14. The SMILES string of the molecule is O=S(=O)(Nc1cn[nH]n1)c1cccs1. The lowest BCUT2D eigenvalue weighted by molar-refractivity contribution is 0.603. The van der Waals surface area contributed by atoms with E-state index in [2.05, 4.69) is 20.1 Å². The molecule has 0 aliphatic rings. The normalized spacial score (nSPS) is 11.4. The van der Waals surface area contributed by atoms with E-state index in [1.807, 2.05) is 0 Å². The van der Waals surface area contributed by atoms with Crippen LogP contribution in [0.1, 0.15) is 0 Å². The van der Waals surface area contributed by atoms with Gasteiger partial charge < -0.3 is 0 Å². The fourth-order valence-corrected chi connectivity index (χ4v) is 2.83. The van der Waals surface area contributed by atoms with Gasteiger partial charge >= 0.3 is 0 Å². The zero-order chi connectivity index (χ0) is 10.0. The molecule has 2 rings (SSSR count). The van der Waals surface area contributed by atoms with Crippen LogP contribution in [0.5, 0.6) is 0 Å². The molecule has 8 heteroatoms. The Kier molecular flexibility index (Phi) is 2.22. The van der Waals surface area contributed by atoms with Gasteiger partial charge in [0.25, 0.3) is 10.0 Å². The minimum absolute atomic E-state index is 0.179. The highest BCUT2D eigenvalue weighted by Crippen LogP contribution is 2.18. The number of thiophene rings is 1. The first-order valence-corrected chi connectivity index (χ1v) is 5.97. The van der Waals surface area contributed by atoms with Crippen molar-refractivity contribution in [1.82, 2.24) is 15.4 Å². The van der Waals surface area contributed by atoms with Gasteiger partial charge in [-0.25, -0.2) is 8.42 Å². The van der Waals surface area contributed by atoms with Gasteiger partial charge in [0.05, 0.1) is 6.20 Å². The Morgan fingerprint density at radius 1 is 1.50 bits per heavy atom. The number of aromatic nitrogens is 3. The molecule has 2 aromatic rings. The molecule has 2 N–H and O–H groups in total. The van der Waals surface area contributed by atoms with Gasteiger partial charge in [-0.15, -0.1) is 16.4 Å². The molecule has 2 aromatic heterocycles. The van der Waals surface area contributed by atoms with Crippen molar-refractivity contribution in [1.29, 1.82) is 0 Å². The van der Waals surface area contributed by atoms with Crippen molar-refractivity contribution in [2.45, 2.75) is 4.21 Å². The summed E-state index contributed by atoms with van der Waals surface area (Å²) in [5.74, 6) is 0.179. The van der Waals surface area contributed by atoms with E-state index in [0.29, 0.717) is 0 Å². The van der Waals surface area contributed by atoms with Crippen LogP contribution >= 0.6 is 11.3 Å². The Morgan fingerprint density at radius 3 is 2.93 bits per heavy atom. The van der Waals surface area contributed by atoms with E-state index < -0.39 is 10.0 Å². The summed E-state index contributed by atoms with van der Waals surface area (Å²) in [6.45, 7) is 0. The number of rotatable bonds is 3. The number of hydrogen-bond donors (Lipinski definition) is 2. The standard InChI is InChI=1S/C6H6N4O2S2/c11-14(12,6-2-1-3-13-6)9-5-4-7-10-8-5/h1-4H,(H2,7,8,9,10). The Bertz CT molecular complexity index is 488. The second kappa shape index (κ2) is 3.39. The smallest absolute Gasteiger partial charge is 0.260 e. The summed E-state index contributed by atoms with van der Waals surface area (Å²) in [7, 11) is -3.49. The van der Waals surface area contributed by atoms with E-state index in [1.54, 1.807) is 11.4 Å². The molecular formula is C6H6N4O2S2. The highest BCUT2D eigenvalue weighted by atomic mass is 32.2. The van der Waals surface area contributed by atoms with Gasteiger partial charge in [0.1, 0.15) is 4.21 Å². The molecule has 0 unspecified atom stereocenters. The fourth-order valence-electron chi connectivity index (χ4n) is 0.855. The van der Waals surface area contributed by atoms with Crippen LogP contribution in [0.3, 0.4) is 0 Å². The number of hydrogen-bond acceptors (Lipinski definition) is 5. The van der Waals surface area contributed by atoms with E-state index >= 15 is 0 Å². The van der Waals surface area contributed by atoms with Gasteiger partial charge in [0.2, 0.25) is 0 Å². The molecule has 0 aromatic carbocycles. The molecule has 0 spiro atoms. The van der Waals surface area contributed by atoms with Crippen LogP contribution in [0.25, 0.3) is 0 Å². The number of sulfonamides is 1. The molecule has 6 nitrogen and oxygen atoms in total. The number of anilines is 1. The van der Waals surface area contributed by atoms with E-state index in [4.69, 9.17) is 0 Å². The lowest BCUT2D eigenvalue weighted by atomic mass is 10.7. The largest absolute Gasteiger partial charge is 0.272 e. The molecule has 0 aliphatic heterocycles. The molecule has 0 fully saturated rings. The lowest BCUT2D eigenvalue weighted by Crippen LogP contribution is -2.11. The summed E-state index contributed by atoms with van der Waals surface area (Å²) in [5, 5.41) is 11.1. The predicted molar refractivity (Wildman–Crippen MR) is 51.5 cm³/mol. The van der Waals surface area contributed by atoms with Crippen LogP contribution in [-0.4, -0.2) is 23.8 Å². The van der Waals surface area contributed by atoms with Gasteiger partial charge in [-0.3, -0.25) is 4.72 Å². The maximum absolute atomic E-state index is 11.6. The third kappa shape index (κ3) is 1.75. The van der Waals surface area contributed by atoms with Gasteiger partial charge in [-0.05, 0) is 11.4 Å². The first kappa shape index (κ1) is 9.16. The number of nitrogens with one attached hydrogen (secondary N) is 2. The van der Waals surface area contributed by atoms with Crippen molar-refractivity contribution in [3.63, 3.8) is 0 Å². The maximum Gasteiger partial charge on any atom is 0.272 e. The van der Waals surface area contributed by atoms with Crippen LogP contribution in [0, 0.1) is 0 Å². The van der Waals surface area contributed by atoms with Crippen LogP contribution in [0.4, 0.5) is 5.82 Å². The van der Waals surface area contributed by atoms with Crippen molar-refractivity contribution < 1.29 is 8.42 Å². The van der Waals surface area contributed by atoms with E-state index in [1.165, 1.54) is 12.3 Å². The molecule has 0 radical (unpaired) electrons. The average Bonchev–Trinajstić information content (AvgIpc) is 2.71. The van der Waals surface area contributed by atoms with Crippen molar-refractivity contribution in [2.24, 2.45) is 0 Å². The Labute approximate surface area is 84.0 Å². The molecule has 74 valence electrons. The molecule has 0 bridgehead atoms. The Morgan fingerprint density at radius 2 is 2.36 bits per heavy atom. The third-order valence-corrected chi connectivity index (χ3v) is 4.17. The van der Waals surface area contributed by atoms with Crippen molar-refractivity contribution in [2.75, 3.05) is 4.72 Å². The first-order chi connectivity index (χ1) is 6.68. The van der Waals surface area contributed by atoms with Crippen LogP contribution < -0.4 is 4.72 Å². The zero-order valence-electron chi connectivity index (χ0n) is 6.84. The van der Waals surface area contributed by atoms with Gasteiger partial charge in [0.15, 0.2) is 5.82 Å². The second-order valence-electron chi connectivity index (χ2n) is 2.39. The van der Waals surface area contributed by atoms with E-state index in [0.717, 1.165) is 11.3 Å². The first-order valence-electron chi connectivity index (χ1n) is 3.60. The zero-order valence-corrected chi connectivity index (χ0v) is 8.47. The summed E-state index contributed by atoms with van der Waals surface area (Å²) in [6.07, 6.45) is 1.30. The summed E-state index contributed by atoms with van der Waals surface area (Å²) in [6, 6.07) is 3.19. The molecule has 0 amide bonds. The summed E-state index contributed by atoms with van der Waals surface area (Å²) < 4.78 is 25.7. The van der Waals surface area contributed by atoms with Crippen molar-refractivity contribution >= 4 is 27.2 Å². The average molecular weight is 230 g/mol. The van der Waals surface area contributed by atoms with Gasteiger partial charge in [0, 0.05) is 0 Å².